The summed E-state index contributed by atoms with van der Waals surface area (Å²) in [5, 5.41) is 10.3. The van der Waals surface area contributed by atoms with Gasteiger partial charge in [0, 0.05) is 36.3 Å². The molecule has 4 rings (SSSR count). The zero-order valence-electron chi connectivity index (χ0n) is 17.4. The third-order valence-corrected chi connectivity index (χ3v) is 5.60. The zero-order chi connectivity index (χ0) is 21.5. The molecule has 0 atom stereocenters. The molecule has 0 bridgehead atoms. The molecule has 1 heterocycles. The van der Waals surface area contributed by atoms with Crippen LogP contribution in [-0.2, 0) is 11.2 Å². The number of rotatable bonds is 9. The molecule has 7 heteroatoms. The van der Waals surface area contributed by atoms with Crippen molar-refractivity contribution in [3.05, 3.63) is 60.2 Å². The van der Waals surface area contributed by atoms with Gasteiger partial charge in [0.15, 0.2) is 0 Å². The number of anilines is 2. The summed E-state index contributed by atoms with van der Waals surface area (Å²) in [6.45, 7) is 1.02. The van der Waals surface area contributed by atoms with Crippen LogP contribution in [0.25, 0.3) is 11.4 Å². The van der Waals surface area contributed by atoms with Crippen molar-refractivity contribution >= 4 is 17.3 Å². The van der Waals surface area contributed by atoms with E-state index in [1.54, 1.807) is 12.1 Å². The Balaban J connectivity index is 1.18. The average Bonchev–Trinajstić information content (AvgIpc) is 3.46. The quantitative estimate of drug-likeness (QED) is 0.480. The van der Waals surface area contributed by atoms with Crippen LogP contribution in [0.3, 0.4) is 0 Å². The lowest BCUT2D eigenvalue weighted by Gasteiger charge is -2.12. The van der Waals surface area contributed by atoms with Crippen molar-refractivity contribution in [3.8, 4) is 11.4 Å². The molecule has 0 spiro atoms. The van der Waals surface area contributed by atoms with E-state index in [-0.39, 0.29) is 11.7 Å². The number of nitrogens with zero attached hydrogens (tertiary/aromatic N) is 2. The van der Waals surface area contributed by atoms with E-state index in [2.05, 4.69) is 20.8 Å². The number of benzene rings is 2. The van der Waals surface area contributed by atoms with Crippen LogP contribution in [0, 0.1) is 11.7 Å². The summed E-state index contributed by atoms with van der Waals surface area (Å²) < 4.78 is 18.2. The number of hydrogen-bond acceptors (Lipinski definition) is 5. The van der Waals surface area contributed by atoms with Gasteiger partial charge in [-0.3, -0.25) is 4.79 Å². The first-order valence-electron chi connectivity index (χ1n) is 10.9. The van der Waals surface area contributed by atoms with Gasteiger partial charge >= 0.3 is 0 Å². The monoisotopic (exact) mass is 422 g/mol. The van der Waals surface area contributed by atoms with Gasteiger partial charge in [0.1, 0.15) is 5.82 Å². The van der Waals surface area contributed by atoms with Crippen LogP contribution in [0.5, 0.6) is 0 Å². The van der Waals surface area contributed by atoms with Gasteiger partial charge in [-0.2, -0.15) is 4.98 Å². The van der Waals surface area contributed by atoms with Gasteiger partial charge in [0.05, 0.1) is 0 Å². The first-order valence-corrected chi connectivity index (χ1v) is 10.9. The number of hydrogen-bond donors (Lipinski definition) is 2. The molecule has 31 heavy (non-hydrogen) atoms. The minimum atomic E-state index is -0.312. The minimum absolute atomic E-state index is 0.0510. The lowest BCUT2D eigenvalue weighted by Crippen LogP contribution is -2.12. The maximum absolute atomic E-state index is 13.0. The largest absolute Gasteiger partial charge is 0.385 e. The van der Waals surface area contributed by atoms with E-state index >= 15 is 0 Å². The summed E-state index contributed by atoms with van der Waals surface area (Å²) in [7, 11) is 0. The Morgan fingerprint density at radius 2 is 1.74 bits per heavy atom. The van der Waals surface area contributed by atoms with Gasteiger partial charge in [-0.05, 0) is 73.7 Å². The summed E-state index contributed by atoms with van der Waals surface area (Å²) in [6.07, 6.45) is 6.79. The fraction of sp³-hybridized carbons (Fsp3) is 0.375. The van der Waals surface area contributed by atoms with Crippen molar-refractivity contribution in [1.82, 2.24) is 10.1 Å². The van der Waals surface area contributed by atoms with Gasteiger partial charge in [0.25, 0.3) is 0 Å². The van der Waals surface area contributed by atoms with Gasteiger partial charge in [0.2, 0.25) is 17.6 Å². The number of halogens is 1. The van der Waals surface area contributed by atoms with Crippen LogP contribution < -0.4 is 10.6 Å². The van der Waals surface area contributed by atoms with E-state index in [9.17, 15) is 9.18 Å². The Bertz CT molecular complexity index is 980. The number of carbonyl (C=O) groups excluding carboxylic acids is 1. The third kappa shape index (κ3) is 6.13. The van der Waals surface area contributed by atoms with Crippen molar-refractivity contribution in [2.75, 3.05) is 17.2 Å². The molecular weight excluding hydrogens is 395 g/mol. The normalized spacial score (nSPS) is 14.0. The highest BCUT2D eigenvalue weighted by Gasteiger charge is 2.14. The molecule has 0 radical (unpaired) electrons. The molecule has 162 valence electrons. The first-order chi connectivity index (χ1) is 15.2. The molecule has 1 aliphatic carbocycles. The Morgan fingerprint density at radius 1 is 1.03 bits per heavy atom. The topological polar surface area (TPSA) is 80.0 Å². The van der Waals surface area contributed by atoms with Crippen LogP contribution in [0.4, 0.5) is 15.8 Å². The fourth-order valence-corrected chi connectivity index (χ4v) is 3.84. The summed E-state index contributed by atoms with van der Waals surface area (Å²) in [5.41, 5.74) is 2.56. The van der Waals surface area contributed by atoms with Crippen LogP contribution >= 0.6 is 0 Å². The fourth-order valence-electron chi connectivity index (χ4n) is 3.84. The first kappa shape index (κ1) is 21.0. The molecule has 2 aromatic carbocycles. The number of nitrogens with one attached hydrogen (secondary N) is 2. The van der Waals surface area contributed by atoms with Gasteiger partial charge in [-0.25, -0.2) is 4.39 Å². The van der Waals surface area contributed by atoms with Crippen molar-refractivity contribution in [3.63, 3.8) is 0 Å². The number of amides is 1. The van der Waals surface area contributed by atoms with Gasteiger partial charge in [-0.1, -0.05) is 18.0 Å². The third-order valence-electron chi connectivity index (χ3n) is 5.60. The number of aryl methyl sites for hydroxylation is 1. The highest BCUT2D eigenvalue weighted by Crippen LogP contribution is 2.25. The molecule has 1 amide bonds. The zero-order valence-corrected chi connectivity index (χ0v) is 17.4. The Labute approximate surface area is 181 Å². The van der Waals surface area contributed by atoms with Crippen molar-refractivity contribution in [2.45, 2.75) is 44.9 Å². The van der Waals surface area contributed by atoms with E-state index < -0.39 is 0 Å². The molecule has 6 nitrogen and oxygen atoms in total. The molecule has 1 saturated carbocycles. The van der Waals surface area contributed by atoms with E-state index in [1.165, 1.54) is 37.8 Å². The second kappa shape index (κ2) is 10.2. The maximum Gasteiger partial charge on any atom is 0.226 e. The van der Waals surface area contributed by atoms with E-state index in [0.717, 1.165) is 23.8 Å². The van der Waals surface area contributed by atoms with Gasteiger partial charge < -0.3 is 15.2 Å². The predicted octanol–water partition coefficient (Wildman–Crippen LogP) is 5.44. The summed E-state index contributed by atoms with van der Waals surface area (Å²) >= 11 is 0. The van der Waals surface area contributed by atoms with Crippen LogP contribution in [0.1, 0.15) is 44.4 Å². The Morgan fingerprint density at radius 3 is 2.48 bits per heavy atom. The van der Waals surface area contributed by atoms with Crippen LogP contribution in [0.15, 0.2) is 53.1 Å². The number of aromatic nitrogens is 2. The molecule has 2 N–H and O–H groups in total. The summed E-state index contributed by atoms with van der Waals surface area (Å²) in [4.78, 5) is 16.5. The molecule has 1 aromatic heterocycles. The highest BCUT2D eigenvalue weighted by atomic mass is 19.1. The summed E-state index contributed by atoms with van der Waals surface area (Å²) in [5.74, 6) is 1.30. The molecule has 0 saturated heterocycles. The Kier molecular flexibility index (Phi) is 6.92. The molecule has 0 unspecified atom stereocenters. The van der Waals surface area contributed by atoms with Crippen molar-refractivity contribution < 1.29 is 13.7 Å². The molecule has 1 aliphatic rings. The lowest BCUT2D eigenvalue weighted by atomic mass is 10.1. The molecule has 1 fully saturated rings. The highest BCUT2D eigenvalue weighted by molar-refractivity contribution is 5.90. The Hall–Kier alpha value is -3.22. The lowest BCUT2D eigenvalue weighted by molar-refractivity contribution is -0.116. The second-order valence-corrected chi connectivity index (χ2v) is 8.03. The molecule has 3 aromatic rings. The van der Waals surface area contributed by atoms with Crippen LogP contribution in [-0.4, -0.2) is 22.6 Å². The molecule has 0 aliphatic heterocycles. The van der Waals surface area contributed by atoms with Gasteiger partial charge in [-0.15, -0.1) is 0 Å². The predicted molar refractivity (Wildman–Crippen MR) is 118 cm³/mol. The molecular formula is C24H27FN4O2. The van der Waals surface area contributed by atoms with E-state index in [4.69, 9.17) is 4.52 Å². The summed E-state index contributed by atoms with van der Waals surface area (Å²) in [6, 6.07) is 13.8. The van der Waals surface area contributed by atoms with E-state index in [0.29, 0.717) is 36.5 Å². The van der Waals surface area contributed by atoms with Crippen molar-refractivity contribution in [2.24, 2.45) is 5.92 Å². The maximum atomic E-state index is 13.0. The minimum Gasteiger partial charge on any atom is -0.385 e. The van der Waals surface area contributed by atoms with Crippen LogP contribution in [0.2, 0.25) is 0 Å². The second-order valence-electron chi connectivity index (χ2n) is 8.03. The smallest absolute Gasteiger partial charge is 0.226 e. The average molecular weight is 423 g/mol. The van der Waals surface area contributed by atoms with E-state index in [1.807, 2.05) is 24.3 Å². The SMILES string of the molecule is O=C(CCCc1nc(-c2ccc(F)cc2)no1)Nc1ccc(NCC2CCCC2)cc1. The standard InChI is InChI=1S/C24H27FN4O2/c25-19-10-8-18(9-11-19)24-28-23(31-29-24)7-3-6-22(30)27-21-14-12-20(13-15-21)26-16-17-4-1-2-5-17/h8-15,17,26H,1-7,16H2,(H,27,30). The van der Waals surface area contributed by atoms with Crippen molar-refractivity contribution in [1.29, 1.82) is 0 Å². The number of carbonyl (C=O) groups is 1.